The van der Waals surface area contributed by atoms with E-state index in [-0.39, 0.29) is 6.61 Å². The molecule has 1 amide bonds. The number of fused-ring (bicyclic) bond motifs is 1. The summed E-state index contributed by atoms with van der Waals surface area (Å²) in [6.45, 7) is 0.871. The van der Waals surface area contributed by atoms with Crippen LogP contribution in [0.5, 0.6) is 0 Å². The molecule has 0 bridgehead atoms. The summed E-state index contributed by atoms with van der Waals surface area (Å²) in [4.78, 5) is 12.1. The second-order valence-electron chi connectivity index (χ2n) is 5.68. The second kappa shape index (κ2) is 5.66. The van der Waals surface area contributed by atoms with E-state index in [9.17, 15) is 4.79 Å². The van der Waals surface area contributed by atoms with Crippen LogP contribution in [0.25, 0.3) is 0 Å². The van der Waals surface area contributed by atoms with E-state index >= 15 is 0 Å². The van der Waals surface area contributed by atoms with Crippen LogP contribution in [-0.2, 0) is 20.8 Å². The number of methoxy groups -OCH3 is 1. The number of alkyl carbamates (subject to hydrolysis) is 1. The Kier molecular flexibility index (Phi) is 3.87. The van der Waals surface area contributed by atoms with Crippen LogP contribution in [0.15, 0.2) is 30.3 Å². The number of nitrogens with one attached hydrogen (secondary N) is 1. The molecule has 1 aliphatic carbocycles. The van der Waals surface area contributed by atoms with Crippen LogP contribution in [0.1, 0.15) is 31.2 Å². The van der Waals surface area contributed by atoms with Crippen LogP contribution >= 0.6 is 0 Å². The molecule has 0 radical (unpaired) electrons. The fourth-order valence-electron chi connectivity index (χ4n) is 3.50. The number of amides is 1. The SMILES string of the molecule is CO[C@]12CCC[C@@]1(NC(=O)OCc1ccccc1)CCO2. The molecule has 1 heterocycles. The van der Waals surface area contributed by atoms with Crippen molar-refractivity contribution in [1.82, 2.24) is 5.32 Å². The summed E-state index contributed by atoms with van der Waals surface area (Å²) in [6.07, 6.45) is 3.00. The van der Waals surface area contributed by atoms with Gasteiger partial charge in [0, 0.05) is 13.5 Å². The molecule has 1 N–H and O–H groups in total. The topological polar surface area (TPSA) is 56.8 Å². The number of hydrogen-bond acceptors (Lipinski definition) is 4. The number of carbonyl (C=O) groups excluding carboxylic acids is 1. The van der Waals surface area contributed by atoms with Gasteiger partial charge >= 0.3 is 6.09 Å². The van der Waals surface area contributed by atoms with Gasteiger partial charge in [-0.15, -0.1) is 0 Å². The summed E-state index contributed by atoms with van der Waals surface area (Å²) in [5.74, 6) is -0.682. The summed E-state index contributed by atoms with van der Waals surface area (Å²) in [6, 6.07) is 9.64. The van der Waals surface area contributed by atoms with E-state index in [0.717, 1.165) is 31.2 Å². The van der Waals surface area contributed by atoms with E-state index in [1.807, 2.05) is 30.3 Å². The first-order chi connectivity index (χ1) is 10.2. The summed E-state index contributed by atoms with van der Waals surface area (Å²) in [5, 5.41) is 3.01. The van der Waals surface area contributed by atoms with E-state index in [0.29, 0.717) is 6.61 Å². The number of hydrogen-bond donors (Lipinski definition) is 1. The molecule has 2 aliphatic rings. The van der Waals surface area contributed by atoms with E-state index < -0.39 is 17.4 Å². The molecule has 0 spiro atoms. The van der Waals surface area contributed by atoms with E-state index in [1.165, 1.54) is 0 Å². The summed E-state index contributed by atoms with van der Waals surface area (Å²) in [5.41, 5.74) is 0.521. The molecule has 114 valence electrons. The summed E-state index contributed by atoms with van der Waals surface area (Å²) in [7, 11) is 1.64. The Bertz CT molecular complexity index is 492. The van der Waals surface area contributed by atoms with Crippen LogP contribution in [0, 0.1) is 0 Å². The predicted octanol–water partition coefficient (Wildman–Crippen LogP) is 2.60. The van der Waals surface area contributed by atoms with Gasteiger partial charge in [-0.3, -0.25) is 0 Å². The second-order valence-corrected chi connectivity index (χ2v) is 5.68. The van der Waals surface area contributed by atoms with Crippen LogP contribution in [-0.4, -0.2) is 31.1 Å². The number of rotatable bonds is 4. The van der Waals surface area contributed by atoms with Crippen LogP contribution in [0.2, 0.25) is 0 Å². The third-order valence-electron chi connectivity index (χ3n) is 4.59. The average Bonchev–Trinajstić information content (AvgIpc) is 3.01. The van der Waals surface area contributed by atoms with Crippen molar-refractivity contribution in [3.63, 3.8) is 0 Å². The minimum atomic E-state index is -0.682. The Morgan fingerprint density at radius 3 is 2.86 bits per heavy atom. The largest absolute Gasteiger partial charge is 0.445 e. The van der Waals surface area contributed by atoms with Gasteiger partial charge in [0.2, 0.25) is 0 Å². The van der Waals surface area contributed by atoms with Gasteiger partial charge in [-0.25, -0.2) is 4.79 Å². The van der Waals surface area contributed by atoms with E-state index in [2.05, 4.69) is 5.32 Å². The molecule has 1 aliphatic heterocycles. The van der Waals surface area contributed by atoms with Crippen molar-refractivity contribution < 1.29 is 19.0 Å². The van der Waals surface area contributed by atoms with Crippen LogP contribution < -0.4 is 5.32 Å². The smallest absolute Gasteiger partial charge is 0.408 e. The molecular formula is C16H21NO4. The zero-order chi connectivity index (χ0) is 14.8. The number of ether oxygens (including phenoxy) is 3. The molecule has 1 saturated carbocycles. The molecule has 3 rings (SSSR count). The molecule has 0 unspecified atom stereocenters. The maximum atomic E-state index is 12.1. The predicted molar refractivity (Wildman–Crippen MR) is 76.7 cm³/mol. The highest BCUT2D eigenvalue weighted by atomic mass is 16.7. The minimum absolute atomic E-state index is 0.267. The zero-order valence-electron chi connectivity index (χ0n) is 12.3. The first-order valence-electron chi connectivity index (χ1n) is 7.38. The molecule has 1 saturated heterocycles. The maximum Gasteiger partial charge on any atom is 0.408 e. The lowest BCUT2D eigenvalue weighted by molar-refractivity contribution is -0.214. The highest BCUT2D eigenvalue weighted by molar-refractivity contribution is 5.68. The van der Waals surface area contributed by atoms with E-state index in [1.54, 1.807) is 7.11 Å². The summed E-state index contributed by atoms with van der Waals surface area (Å²) >= 11 is 0. The first-order valence-corrected chi connectivity index (χ1v) is 7.38. The van der Waals surface area contributed by atoms with Gasteiger partial charge in [-0.2, -0.15) is 0 Å². The van der Waals surface area contributed by atoms with Crippen LogP contribution in [0.4, 0.5) is 4.79 Å². The Morgan fingerprint density at radius 1 is 1.29 bits per heavy atom. The number of benzene rings is 1. The Labute approximate surface area is 124 Å². The molecule has 1 aromatic rings. The van der Waals surface area contributed by atoms with Crippen LogP contribution in [0.3, 0.4) is 0 Å². The fraction of sp³-hybridized carbons (Fsp3) is 0.562. The Balaban J connectivity index is 1.62. The van der Waals surface area contributed by atoms with Gasteiger partial charge in [-0.1, -0.05) is 30.3 Å². The molecule has 1 aromatic carbocycles. The van der Waals surface area contributed by atoms with Crippen molar-refractivity contribution in [3.05, 3.63) is 35.9 Å². The molecule has 21 heavy (non-hydrogen) atoms. The van der Waals surface area contributed by atoms with Gasteiger partial charge < -0.3 is 19.5 Å². The van der Waals surface area contributed by atoms with Gasteiger partial charge in [0.25, 0.3) is 0 Å². The summed E-state index contributed by atoms with van der Waals surface area (Å²) < 4.78 is 16.7. The molecule has 2 fully saturated rings. The Morgan fingerprint density at radius 2 is 2.10 bits per heavy atom. The number of carbonyl (C=O) groups is 1. The van der Waals surface area contributed by atoms with Gasteiger partial charge in [-0.05, 0) is 24.8 Å². The standard InChI is InChI=1S/C16H21NO4/c1-19-16-9-5-8-15(16,10-11-21-16)17-14(18)20-12-13-6-3-2-4-7-13/h2-4,6-7H,5,8-12H2,1H3,(H,17,18)/t15-,16+/m1/s1. The lowest BCUT2D eigenvalue weighted by Crippen LogP contribution is -2.59. The quantitative estimate of drug-likeness (QED) is 0.926. The molecule has 5 nitrogen and oxygen atoms in total. The van der Waals surface area contributed by atoms with Gasteiger partial charge in [0.05, 0.1) is 12.1 Å². The van der Waals surface area contributed by atoms with Crippen molar-refractivity contribution in [3.8, 4) is 0 Å². The lowest BCUT2D eigenvalue weighted by Gasteiger charge is -2.37. The Hall–Kier alpha value is -1.59. The zero-order valence-corrected chi connectivity index (χ0v) is 12.3. The normalized spacial score (nSPS) is 30.9. The molecular weight excluding hydrogens is 270 g/mol. The minimum Gasteiger partial charge on any atom is -0.445 e. The van der Waals surface area contributed by atoms with Gasteiger partial charge in [0.1, 0.15) is 6.61 Å². The molecule has 2 atom stereocenters. The third-order valence-corrected chi connectivity index (χ3v) is 4.59. The van der Waals surface area contributed by atoms with Crippen molar-refractivity contribution in [2.45, 2.75) is 43.6 Å². The van der Waals surface area contributed by atoms with Crippen molar-refractivity contribution in [2.24, 2.45) is 0 Å². The average molecular weight is 291 g/mol. The third kappa shape index (κ3) is 2.51. The fourth-order valence-corrected chi connectivity index (χ4v) is 3.50. The van der Waals surface area contributed by atoms with Gasteiger partial charge in [0.15, 0.2) is 5.79 Å². The molecule has 0 aromatic heterocycles. The maximum absolute atomic E-state index is 12.1. The lowest BCUT2D eigenvalue weighted by atomic mass is 9.91. The van der Waals surface area contributed by atoms with Crippen molar-refractivity contribution in [2.75, 3.05) is 13.7 Å². The highest BCUT2D eigenvalue weighted by Crippen LogP contribution is 2.49. The highest BCUT2D eigenvalue weighted by Gasteiger charge is 2.61. The first kappa shape index (κ1) is 14.4. The van der Waals surface area contributed by atoms with Crippen molar-refractivity contribution in [1.29, 1.82) is 0 Å². The molecule has 5 heteroatoms. The van der Waals surface area contributed by atoms with E-state index in [4.69, 9.17) is 14.2 Å². The monoisotopic (exact) mass is 291 g/mol. The van der Waals surface area contributed by atoms with Crippen molar-refractivity contribution >= 4 is 6.09 Å².